The molecule has 6 heteroatoms. The van der Waals surface area contributed by atoms with E-state index in [0.717, 1.165) is 26.9 Å². The van der Waals surface area contributed by atoms with Crippen molar-refractivity contribution in [2.75, 3.05) is 7.11 Å². The summed E-state index contributed by atoms with van der Waals surface area (Å²) in [6, 6.07) is 17.5. The van der Waals surface area contributed by atoms with E-state index in [1.54, 1.807) is 13.2 Å². The Morgan fingerprint density at radius 3 is 2.77 bits per heavy atom. The number of hydrogen-bond donors (Lipinski definition) is 0. The van der Waals surface area contributed by atoms with Gasteiger partial charge in [0.2, 0.25) is 0 Å². The van der Waals surface area contributed by atoms with E-state index in [-0.39, 0.29) is 0 Å². The van der Waals surface area contributed by atoms with E-state index in [9.17, 15) is 5.26 Å². The summed E-state index contributed by atoms with van der Waals surface area (Å²) in [6.45, 7) is 0. The molecule has 0 fully saturated rings. The van der Waals surface area contributed by atoms with Gasteiger partial charge in [-0.25, -0.2) is 9.97 Å². The van der Waals surface area contributed by atoms with E-state index in [1.807, 2.05) is 48.5 Å². The highest BCUT2D eigenvalue weighted by atomic mass is 35.5. The third-order valence-electron chi connectivity index (χ3n) is 3.95. The SMILES string of the molecule is COc1ccc2nc(Cl)c(/C=C(/C#N)c3nc4ccccc4s3)cc2c1. The van der Waals surface area contributed by atoms with Crippen LogP contribution >= 0.6 is 22.9 Å². The van der Waals surface area contributed by atoms with E-state index in [1.165, 1.54) is 11.3 Å². The number of benzene rings is 2. The predicted molar refractivity (Wildman–Crippen MR) is 106 cm³/mol. The number of nitrogens with zero attached hydrogens (tertiary/aromatic N) is 3. The number of methoxy groups -OCH3 is 1. The number of halogens is 1. The number of thiazole rings is 1. The largest absolute Gasteiger partial charge is 0.497 e. The van der Waals surface area contributed by atoms with Crippen LogP contribution in [0, 0.1) is 11.3 Å². The van der Waals surface area contributed by atoms with Crippen LogP contribution in [0.2, 0.25) is 5.15 Å². The van der Waals surface area contributed by atoms with Crippen LogP contribution in [0.15, 0.2) is 48.5 Å². The molecule has 4 aromatic rings. The van der Waals surface area contributed by atoms with Crippen LogP contribution in [0.1, 0.15) is 10.6 Å². The van der Waals surface area contributed by atoms with Gasteiger partial charge in [-0.05, 0) is 42.5 Å². The smallest absolute Gasteiger partial charge is 0.137 e. The van der Waals surface area contributed by atoms with Crippen LogP contribution in [-0.2, 0) is 0 Å². The zero-order chi connectivity index (χ0) is 18.1. The maximum absolute atomic E-state index is 9.62. The molecule has 0 radical (unpaired) electrons. The van der Waals surface area contributed by atoms with E-state index < -0.39 is 0 Å². The molecule has 0 amide bonds. The van der Waals surface area contributed by atoms with Crippen molar-refractivity contribution in [1.82, 2.24) is 9.97 Å². The number of aromatic nitrogens is 2. The van der Waals surface area contributed by atoms with Gasteiger partial charge in [0, 0.05) is 10.9 Å². The number of nitriles is 1. The Balaban J connectivity index is 1.84. The van der Waals surface area contributed by atoms with Crippen LogP contribution < -0.4 is 4.74 Å². The van der Waals surface area contributed by atoms with Crippen molar-refractivity contribution in [3.63, 3.8) is 0 Å². The van der Waals surface area contributed by atoms with Gasteiger partial charge in [-0.1, -0.05) is 23.7 Å². The van der Waals surface area contributed by atoms with Gasteiger partial charge in [-0.3, -0.25) is 0 Å². The maximum Gasteiger partial charge on any atom is 0.137 e. The lowest BCUT2D eigenvalue weighted by Gasteiger charge is -2.05. The van der Waals surface area contributed by atoms with Crippen molar-refractivity contribution < 1.29 is 4.74 Å². The molecule has 0 bridgehead atoms. The lowest BCUT2D eigenvalue weighted by Crippen LogP contribution is -1.88. The molecule has 2 aromatic carbocycles. The van der Waals surface area contributed by atoms with Gasteiger partial charge in [0.05, 0.1) is 28.4 Å². The standard InChI is InChI=1S/C20H12ClN3OS/c1-25-15-6-7-16-12(10-15)8-13(19(21)23-16)9-14(11-22)20-24-17-4-2-3-5-18(17)26-20/h2-10H,1H3/b14-9-. The fourth-order valence-electron chi connectivity index (χ4n) is 2.66. The normalized spacial score (nSPS) is 11.7. The van der Waals surface area contributed by atoms with Gasteiger partial charge in [-0.2, -0.15) is 5.26 Å². The van der Waals surface area contributed by atoms with Crippen LogP contribution in [0.5, 0.6) is 5.75 Å². The number of rotatable bonds is 3. The molecular weight excluding hydrogens is 366 g/mol. The summed E-state index contributed by atoms with van der Waals surface area (Å²) in [4.78, 5) is 8.96. The van der Waals surface area contributed by atoms with Crippen molar-refractivity contribution in [2.24, 2.45) is 0 Å². The van der Waals surface area contributed by atoms with Crippen molar-refractivity contribution in [3.05, 3.63) is 64.3 Å². The zero-order valence-electron chi connectivity index (χ0n) is 13.7. The molecule has 0 saturated carbocycles. The number of allylic oxidation sites excluding steroid dienone is 1. The minimum Gasteiger partial charge on any atom is -0.497 e. The summed E-state index contributed by atoms with van der Waals surface area (Å²) < 4.78 is 6.30. The summed E-state index contributed by atoms with van der Waals surface area (Å²) in [6.07, 6.45) is 1.73. The average molecular weight is 378 g/mol. The Hall–Kier alpha value is -2.94. The van der Waals surface area contributed by atoms with Crippen LogP contribution in [0.4, 0.5) is 0 Å². The van der Waals surface area contributed by atoms with E-state index in [4.69, 9.17) is 16.3 Å². The molecule has 0 unspecified atom stereocenters. The zero-order valence-corrected chi connectivity index (χ0v) is 15.3. The van der Waals surface area contributed by atoms with Crippen LogP contribution in [0.3, 0.4) is 0 Å². The van der Waals surface area contributed by atoms with Crippen molar-refractivity contribution in [1.29, 1.82) is 5.26 Å². The van der Waals surface area contributed by atoms with Crippen molar-refractivity contribution >= 4 is 55.7 Å². The van der Waals surface area contributed by atoms with E-state index in [2.05, 4.69) is 16.0 Å². The van der Waals surface area contributed by atoms with Gasteiger partial charge in [0.25, 0.3) is 0 Å². The predicted octanol–water partition coefficient (Wildman–Crippen LogP) is 5.57. The Morgan fingerprint density at radius 2 is 2.00 bits per heavy atom. The molecular formula is C20H12ClN3OS. The summed E-state index contributed by atoms with van der Waals surface area (Å²) in [5, 5.41) is 11.5. The molecule has 4 nitrogen and oxygen atoms in total. The topological polar surface area (TPSA) is 58.8 Å². The minimum atomic E-state index is 0.344. The number of pyridine rings is 1. The van der Waals surface area contributed by atoms with Crippen molar-refractivity contribution in [3.8, 4) is 11.8 Å². The molecule has 0 saturated heterocycles. The first-order chi connectivity index (χ1) is 12.7. The highest BCUT2D eigenvalue weighted by Gasteiger charge is 2.11. The molecule has 0 aliphatic rings. The average Bonchev–Trinajstić information content (AvgIpc) is 3.09. The van der Waals surface area contributed by atoms with Gasteiger partial charge >= 0.3 is 0 Å². The second kappa shape index (κ2) is 6.75. The van der Waals surface area contributed by atoms with Gasteiger partial charge in [0.1, 0.15) is 22.0 Å². The highest BCUT2D eigenvalue weighted by molar-refractivity contribution is 7.19. The van der Waals surface area contributed by atoms with Gasteiger partial charge in [-0.15, -0.1) is 11.3 Å². The minimum absolute atomic E-state index is 0.344. The van der Waals surface area contributed by atoms with Gasteiger partial charge in [0.15, 0.2) is 0 Å². The summed E-state index contributed by atoms with van der Waals surface area (Å²) in [5.74, 6) is 0.739. The second-order valence-corrected chi connectivity index (χ2v) is 6.97. The molecule has 0 spiro atoms. The monoisotopic (exact) mass is 377 g/mol. The van der Waals surface area contributed by atoms with Crippen molar-refractivity contribution in [2.45, 2.75) is 0 Å². The molecule has 126 valence electrons. The Kier molecular flexibility index (Phi) is 4.29. The first-order valence-corrected chi connectivity index (χ1v) is 8.99. The third kappa shape index (κ3) is 3.01. The fourth-order valence-corrected chi connectivity index (χ4v) is 3.79. The number of para-hydroxylation sites is 1. The molecule has 0 aliphatic carbocycles. The second-order valence-electron chi connectivity index (χ2n) is 5.58. The molecule has 26 heavy (non-hydrogen) atoms. The molecule has 0 atom stereocenters. The lowest BCUT2D eigenvalue weighted by atomic mass is 10.1. The summed E-state index contributed by atoms with van der Waals surface area (Å²) in [7, 11) is 1.62. The molecule has 2 aromatic heterocycles. The first kappa shape index (κ1) is 16.5. The summed E-state index contributed by atoms with van der Waals surface area (Å²) >= 11 is 7.81. The van der Waals surface area contributed by atoms with Crippen LogP contribution in [0.25, 0.3) is 32.8 Å². The Morgan fingerprint density at radius 1 is 1.15 bits per heavy atom. The Bertz CT molecular complexity index is 1170. The molecule has 0 aliphatic heterocycles. The lowest BCUT2D eigenvalue weighted by molar-refractivity contribution is 0.415. The van der Waals surface area contributed by atoms with Crippen LogP contribution in [-0.4, -0.2) is 17.1 Å². The third-order valence-corrected chi connectivity index (χ3v) is 5.32. The number of ether oxygens (including phenoxy) is 1. The quantitative estimate of drug-likeness (QED) is 0.346. The molecule has 2 heterocycles. The fraction of sp³-hybridized carbons (Fsp3) is 0.0500. The highest BCUT2D eigenvalue weighted by Crippen LogP contribution is 2.30. The number of fused-ring (bicyclic) bond motifs is 2. The molecule has 0 N–H and O–H groups in total. The summed E-state index contributed by atoms with van der Waals surface area (Å²) in [5.41, 5.74) is 2.77. The maximum atomic E-state index is 9.62. The van der Waals surface area contributed by atoms with Gasteiger partial charge < -0.3 is 4.74 Å². The number of hydrogen-bond acceptors (Lipinski definition) is 5. The first-order valence-electron chi connectivity index (χ1n) is 7.80. The molecule has 4 rings (SSSR count). The Labute approximate surface area is 159 Å². The van der Waals surface area contributed by atoms with E-state index >= 15 is 0 Å². The van der Waals surface area contributed by atoms with E-state index in [0.29, 0.717) is 21.3 Å².